The van der Waals surface area contributed by atoms with Crippen LogP contribution >= 0.6 is 11.6 Å². The fourth-order valence-corrected chi connectivity index (χ4v) is 2.62. The first kappa shape index (κ1) is 13.1. The van der Waals surface area contributed by atoms with Crippen LogP contribution in [0.25, 0.3) is 11.2 Å². The summed E-state index contributed by atoms with van der Waals surface area (Å²) in [6.45, 7) is 2.52. The highest BCUT2D eigenvalue weighted by molar-refractivity contribution is 6.16. The second-order valence-electron chi connectivity index (χ2n) is 4.76. The van der Waals surface area contributed by atoms with Gasteiger partial charge in [0.15, 0.2) is 5.65 Å². The Kier molecular flexibility index (Phi) is 3.22. The Morgan fingerprint density at radius 1 is 1.25 bits per heavy atom. The second kappa shape index (κ2) is 4.90. The largest absolute Gasteiger partial charge is 0.307 e. The molecule has 0 aliphatic heterocycles. The van der Waals surface area contributed by atoms with Crippen molar-refractivity contribution >= 4 is 22.8 Å². The maximum Gasteiger partial charge on any atom is 0.159 e. The number of fused-ring (bicyclic) bond motifs is 1. The Hall–Kier alpha value is -1.88. The van der Waals surface area contributed by atoms with Gasteiger partial charge in [0.25, 0.3) is 0 Å². The molecule has 1 aromatic carbocycles. The first-order valence-corrected chi connectivity index (χ1v) is 6.82. The van der Waals surface area contributed by atoms with Gasteiger partial charge in [0.2, 0.25) is 0 Å². The molecule has 104 valence electrons. The smallest absolute Gasteiger partial charge is 0.159 e. The van der Waals surface area contributed by atoms with Crippen LogP contribution in [0.4, 0.5) is 4.39 Å². The molecule has 2 aromatic heterocycles. The lowest BCUT2D eigenvalue weighted by Gasteiger charge is -2.08. The van der Waals surface area contributed by atoms with Crippen LogP contribution in [0.15, 0.2) is 24.3 Å². The quantitative estimate of drug-likeness (QED) is 0.696. The van der Waals surface area contributed by atoms with Gasteiger partial charge in [-0.3, -0.25) is 4.68 Å². The van der Waals surface area contributed by atoms with Crippen molar-refractivity contribution < 1.29 is 4.39 Å². The lowest BCUT2D eigenvalue weighted by molar-refractivity contribution is 0.626. The van der Waals surface area contributed by atoms with E-state index in [0.717, 1.165) is 28.2 Å². The van der Waals surface area contributed by atoms with Gasteiger partial charge in [-0.15, -0.1) is 11.6 Å². The van der Waals surface area contributed by atoms with Gasteiger partial charge in [-0.2, -0.15) is 5.10 Å². The van der Waals surface area contributed by atoms with Crippen molar-refractivity contribution in [1.29, 1.82) is 0 Å². The van der Waals surface area contributed by atoms with Crippen LogP contribution in [0.2, 0.25) is 0 Å². The number of benzene rings is 1. The SMILES string of the molecule is Cc1nn(C)c2c1nc(CCl)n2Cc1ccc(F)cc1. The molecule has 2 heterocycles. The van der Waals surface area contributed by atoms with Crippen LogP contribution in [0.5, 0.6) is 0 Å². The van der Waals surface area contributed by atoms with Gasteiger partial charge in [-0.1, -0.05) is 12.1 Å². The van der Waals surface area contributed by atoms with Crippen LogP contribution in [0.3, 0.4) is 0 Å². The van der Waals surface area contributed by atoms with Crippen LogP contribution in [0, 0.1) is 12.7 Å². The average Bonchev–Trinajstić information content (AvgIpc) is 2.92. The third kappa shape index (κ3) is 2.08. The standard InChI is InChI=1S/C14H14ClFN4/c1-9-13-14(19(2)18-9)20(12(7-15)17-13)8-10-3-5-11(16)6-4-10/h3-6H,7-8H2,1-2H3. The summed E-state index contributed by atoms with van der Waals surface area (Å²) >= 11 is 5.98. The lowest BCUT2D eigenvalue weighted by Crippen LogP contribution is -2.07. The number of hydrogen-bond acceptors (Lipinski definition) is 2. The molecule has 0 aliphatic rings. The summed E-state index contributed by atoms with van der Waals surface area (Å²) in [5.74, 6) is 0.885. The van der Waals surface area contributed by atoms with Gasteiger partial charge < -0.3 is 4.57 Å². The van der Waals surface area contributed by atoms with Gasteiger partial charge in [0.05, 0.1) is 18.1 Å². The van der Waals surface area contributed by atoms with E-state index in [1.165, 1.54) is 12.1 Å². The Morgan fingerprint density at radius 3 is 2.60 bits per heavy atom. The number of nitrogens with zero attached hydrogens (tertiary/aromatic N) is 4. The molecule has 6 heteroatoms. The normalized spacial score (nSPS) is 11.4. The van der Waals surface area contributed by atoms with Crippen molar-refractivity contribution in [1.82, 2.24) is 19.3 Å². The van der Waals surface area contributed by atoms with Gasteiger partial charge in [0, 0.05) is 7.05 Å². The number of aromatic nitrogens is 4. The van der Waals surface area contributed by atoms with Crippen molar-refractivity contribution in [2.45, 2.75) is 19.3 Å². The predicted molar refractivity (Wildman–Crippen MR) is 76.3 cm³/mol. The molecule has 20 heavy (non-hydrogen) atoms. The molecule has 0 unspecified atom stereocenters. The molecule has 0 N–H and O–H groups in total. The molecular weight excluding hydrogens is 279 g/mol. The maximum absolute atomic E-state index is 13.0. The summed E-state index contributed by atoms with van der Waals surface area (Å²) < 4.78 is 16.8. The fraction of sp³-hybridized carbons (Fsp3) is 0.286. The van der Waals surface area contributed by atoms with E-state index in [4.69, 9.17) is 11.6 Å². The third-order valence-corrected chi connectivity index (χ3v) is 3.58. The number of aryl methyl sites for hydroxylation is 2. The molecule has 0 aliphatic carbocycles. The molecule has 0 fully saturated rings. The number of imidazole rings is 1. The highest BCUT2D eigenvalue weighted by Gasteiger charge is 2.16. The first-order chi connectivity index (χ1) is 9.60. The van der Waals surface area contributed by atoms with Gasteiger partial charge in [-0.25, -0.2) is 9.37 Å². The average molecular weight is 293 g/mol. The first-order valence-electron chi connectivity index (χ1n) is 6.29. The maximum atomic E-state index is 13.0. The molecule has 3 aromatic rings. The summed E-state index contributed by atoms with van der Waals surface area (Å²) in [7, 11) is 1.89. The van der Waals surface area contributed by atoms with E-state index in [2.05, 4.69) is 10.1 Å². The molecule has 0 saturated heterocycles. The number of alkyl halides is 1. The zero-order chi connectivity index (χ0) is 14.3. The van der Waals surface area contributed by atoms with Crippen molar-refractivity contribution in [2.75, 3.05) is 0 Å². The van der Waals surface area contributed by atoms with Crippen molar-refractivity contribution in [2.24, 2.45) is 7.05 Å². The van der Waals surface area contributed by atoms with E-state index in [1.807, 2.05) is 18.5 Å². The topological polar surface area (TPSA) is 35.6 Å². The minimum atomic E-state index is -0.238. The van der Waals surface area contributed by atoms with Crippen LogP contribution in [0.1, 0.15) is 17.1 Å². The van der Waals surface area contributed by atoms with E-state index in [9.17, 15) is 4.39 Å². The molecule has 4 nitrogen and oxygen atoms in total. The van der Waals surface area contributed by atoms with Crippen LogP contribution in [-0.4, -0.2) is 19.3 Å². The Labute approximate surface area is 120 Å². The van der Waals surface area contributed by atoms with Crippen molar-refractivity contribution in [3.05, 3.63) is 47.2 Å². The highest BCUT2D eigenvalue weighted by Crippen LogP contribution is 2.21. The summed E-state index contributed by atoms with van der Waals surface area (Å²) in [6, 6.07) is 6.45. The second-order valence-corrected chi connectivity index (χ2v) is 5.02. The van der Waals surface area contributed by atoms with Crippen molar-refractivity contribution in [3.63, 3.8) is 0 Å². The highest BCUT2D eigenvalue weighted by atomic mass is 35.5. The number of halogens is 2. The molecule has 0 radical (unpaired) electrons. The van der Waals surface area contributed by atoms with Gasteiger partial charge in [0.1, 0.15) is 17.2 Å². The summed E-state index contributed by atoms with van der Waals surface area (Å²) in [4.78, 5) is 4.54. The summed E-state index contributed by atoms with van der Waals surface area (Å²) in [5, 5.41) is 4.37. The molecule has 3 rings (SSSR count). The Bertz CT molecular complexity index is 758. The van der Waals surface area contributed by atoms with Crippen LogP contribution in [-0.2, 0) is 19.5 Å². The fourth-order valence-electron chi connectivity index (χ4n) is 2.42. The third-order valence-electron chi connectivity index (χ3n) is 3.34. The molecular formula is C14H14ClFN4. The monoisotopic (exact) mass is 292 g/mol. The predicted octanol–water partition coefficient (Wildman–Crippen LogP) is 3.00. The zero-order valence-electron chi connectivity index (χ0n) is 11.3. The van der Waals surface area contributed by atoms with Crippen molar-refractivity contribution in [3.8, 4) is 0 Å². The van der Waals surface area contributed by atoms with E-state index in [-0.39, 0.29) is 5.82 Å². The van der Waals surface area contributed by atoms with E-state index < -0.39 is 0 Å². The van der Waals surface area contributed by atoms with Gasteiger partial charge in [-0.05, 0) is 24.6 Å². The lowest BCUT2D eigenvalue weighted by atomic mass is 10.2. The molecule has 0 amide bonds. The Balaban J connectivity index is 2.11. The minimum absolute atomic E-state index is 0.238. The van der Waals surface area contributed by atoms with E-state index >= 15 is 0 Å². The number of hydrogen-bond donors (Lipinski definition) is 0. The molecule has 0 bridgehead atoms. The summed E-state index contributed by atoms with van der Waals surface area (Å²) in [6.07, 6.45) is 0. The van der Waals surface area contributed by atoms with Gasteiger partial charge >= 0.3 is 0 Å². The van der Waals surface area contributed by atoms with E-state index in [0.29, 0.717) is 12.4 Å². The molecule has 0 atom stereocenters. The summed E-state index contributed by atoms with van der Waals surface area (Å²) in [5.41, 5.74) is 3.68. The molecule has 0 spiro atoms. The molecule has 0 saturated carbocycles. The zero-order valence-corrected chi connectivity index (χ0v) is 12.0. The van der Waals surface area contributed by atoms with E-state index in [1.54, 1.807) is 16.8 Å². The number of rotatable bonds is 3. The van der Waals surface area contributed by atoms with Crippen LogP contribution < -0.4 is 0 Å². The minimum Gasteiger partial charge on any atom is -0.307 e. The Morgan fingerprint density at radius 2 is 1.95 bits per heavy atom.